The van der Waals surface area contributed by atoms with Crippen molar-refractivity contribution in [3.8, 4) is 5.75 Å². The van der Waals surface area contributed by atoms with Crippen LogP contribution in [0.2, 0.25) is 5.15 Å². The quantitative estimate of drug-likeness (QED) is 0.123. The van der Waals surface area contributed by atoms with Gasteiger partial charge in [-0.15, -0.1) is 0 Å². The van der Waals surface area contributed by atoms with Gasteiger partial charge in [-0.3, -0.25) is 19.6 Å². The highest BCUT2D eigenvalue weighted by Gasteiger charge is 2.25. The molecule has 0 radical (unpaired) electrons. The summed E-state index contributed by atoms with van der Waals surface area (Å²) in [6, 6.07) is 19.6. The van der Waals surface area contributed by atoms with Crippen LogP contribution in [0.3, 0.4) is 0 Å². The van der Waals surface area contributed by atoms with E-state index in [1.165, 1.54) is 0 Å². The summed E-state index contributed by atoms with van der Waals surface area (Å²) in [6.45, 7) is 4.96. The molecule has 11 heteroatoms. The molecule has 0 atom stereocenters. The molecule has 2 amide bonds. The van der Waals surface area contributed by atoms with Gasteiger partial charge in [-0.25, -0.2) is 0 Å². The van der Waals surface area contributed by atoms with E-state index in [0.717, 1.165) is 84.6 Å². The van der Waals surface area contributed by atoms with Crippen molar-refractivity contribution in [3.05, 3.63) is 112 Å². The first-order chi connectivity index (χ1) is 24.6. The molecule has 9 rings (SSSR count). The first-order valence-electron chi connectivity index (χ1n) is 16.8. The number of pyridine rings is 2. The van der Waals surface area contributed by atoms with Crippen LogP contribution in [0, 0.1) is 0 Å². The lowest BCUT2D eigenvalue weighted by atomic mass is 10.0. The van der Waals surface area contributed by atoms with Gasteiger partial charge >= 0.3 is 0 Å². The van der Waals surface area contributed by atoms with Crippen molar-refractivity contribution in [2.24, 2.45) is 0 Å². The van der Waals surface area contributed by atoms with Crippen molar-refractivity contribution in [1.82, 2.24) is 30.6 Å². The summed E-state index contributed by atoms with van der Waals surface area (Å²) < 4.78 is 5.60. The molecule has 0 saturated carbocycles. The van der Waals surface area contributed by atoms with E-state index in [-0.39, 0.29) is 18.4 Å². The second-order valence-corrected chi connectivity index (χ2v) is 13.9. The fraction of sp³-hybridized carbons (Fsp3) is 0.200. The molecule has 2 aliphatic heterocycles. The third kappa shape index (κ3) is 6.40. The van der Waals surface area contributed by atoms with E-state index in [0.29, 0.717) is 29.4 Å². The SMILES string of the molecule is CC(C)(O)COc1ccc(C=Cc2cc3c(ccc4c5c(nc43)CCNC5=O)c[nH]2)cc1.O=C1NCCc2nc3c(ccc4c[nH]c(Cl)cc43)c21. The summed E-state index contributed by atoms with van der Waals surface area (Å²) in [7, 11) is 0. The predicted octanol–water partition coefficient (Wildman–Crippen LogP) is 6.98. The molecule has 0 aliphatic carbocycles. The fourth-order valence-electron chi connectivity index (χ4n) is 6.66. The summed E-state index contributed by atoms with van der Waals surface area (Å²) in [6.07, 6.45) is 9.40. The van der Waals surface area contributed by atoms with Crippen LogP contribution in [0.25, 0.3) is 55.5 Å². The number of fused-ring (bicyclic) bond motifs is 10. The third-order valence-corrected chi connectivity index (χ3v) is 9.34. The molecular formula is C40H35ClN6O4. The van der Waals surface area contributed by atoms with Crippen LogP contribution in [0.1, 0.15) is 57.2 Å². The smallest absolute Gasteiger partial charge is 0.253 e. The Morgan fingerprint density at radius 2 is 1.33 bits per heavy atom. The Bertz CT molecular complexity index is 2530. The Kier molecular flexibility index (Phi) is 8.20. The lowest BCUT2D eigenvalue weighted by Crippen LogP contribution is -2.31. The fourth-order valence-corrected chi connectivity index (χ4v) is 6.83. The van der Waals surface area contributed by atoms with Gasteiger partial charge in [-0.2, -0.15) is 0 Å². The van der Waals surface area contributed by atoms with Crippen molar-refractivity contribution in [2.45, 2.75) is 32.3 Å². The van der Waals surface area contributed by atoms with E-state index < -0.39 is 5.60 Å². The molecule has 3 aromatic carbocycles. The molecule has 256 valence electrons. The van der Waals surface area contributed by atoms with Gasteiger partial charge in [0.15, 0.2) is 0 Å². The summed E-state index contributed by atoms with van der Waals surface area (Å²) in [5, 5.41) is 22.0. The number of rotatable bonds is 5. The summed E-state index contributed by atoms with van der Waals surface area (Å²) >= 11 is 6.01. The number of hydrogen-bond donors (Lipinski definition) is 5. The maximum atomic E-state index is 12.3. The van der Waals surface area contributed by atoms with Gasteiger partial charge in [0.05, 0.1) is 39.1 Å². The zero-order valence-electron chi connectivity index (χ0n) is 28.1. The van der Waals surface area contributed by atoms with Crippen LogP contribution in [-0.4, -0.2) is 62.2 Å². The molecule has 0 saturated heterocycles. The number of carbonyl (C=O) groups excluding carboxylic acids is 2. The lowest BCUT2D eigenvalue weighted by molar-refractivity contribution is 0.0285. The minimum absolute atomic E-state index is 0.0308. The molecule has 0 unspecified atom stereocenters. The lowest BCUT2D eigenvalue weighted by Gasteiger charge is -2.17. The Labute approximate surface area is 297 Å². The van der Waals surface area contributed by atoms with Gasteiger partial charge in [0, 0.05) is 70.9 Å². The second kappa shape index (κ2) is 12.9. The number of H-pyrrole nitrogens is 2. The molecular weight excluding hydrogens is 664 g/mol. The van der Waals surface area contributed by atoms with Gasteiger partial charge < -0.3 is 30.4 Å². The number of hydrogen-bond acceptors (Lipinski definition) is 6. The third-order valence-electron chi connectivity index (χ3n) is 9.12. The Hall–Kier alpha value is -5.71. The maximum absolute atomic E-state index is 12.3. The highest BCUT2D eigenvalue weighted by atomic mass is 35.5. The topological polar surface area (TPSA) is 145 Å². The Morgan fingerprint density at radius 3 is 1.92 bits per heavy atom. The average molecular weight is 699 g/mol. The van der Waals surface area contributed by atoms with E-state index in [2.05, 4.69) is 31.7 Å². The van der Waals surface area contributed by atoms with Crippen LogP contribution < -0.4 is 15.4 Å². The number of ether oxygens (including phenoxy) is 1. The molecule has 10 nitrogen and oxygen atoms in total. The maximum Gasteiger partial charge on any atom is 0.253 e. The number of carbonyl (C=O) groups is 2. The minimum Gasteiger partial charge on any atom is -0.491 e. The summed E-state index contributed by atoms with van der Waals surface area (Å²) in [5.74, 6) is 0.654. The van der Waals surface area contributed by atoms with E-state index >= 15 is 0 Å². The highest BCUT2D eigenvalue weighted by Crippen LogP contribution is 2.33. The number of nitrogens with one attached hydrogen (secondary N) is 4. The van der Waals surface area contributed by atoms with Crippen molar-refractivity contribution in [1.29, 1.82) is 0 Å². The van der Waals surface area contributed by atoms with E-state index in [1.54, 1.807) is 13.8 Å². The van der Waals surface area contributed by atoms with Crippen molar-refractivity contribution in [2.75, 3.05) is 19.7 Å². The monoisotopic (exact) mass is 698 g/mol. The number of halogens is 1. The van der Waals surface area contributed by atoms with Gasteiger partial charge in [-0.1, -0.05) is 54.1 Å². The standard InChI is InChI=1S/C26H25N3O3.C14H10ClN3O/c1-26(2,31)15-32-19-8-4-16(5-9-19)3-7-18-13-21-17(14-28-18)6-10-20-23-22(29-24(20)21)11-12-27-25(23)30;15-11-5-9-7(6-17-11)1-2-8-12-10(18-13(8)9)3-4-16-14(12)19/h3-10,13-14,28,31H,11-12,15H2,1-2H3,(H,27,30);1-2,5-6,17H,3-4H2,(H,16,19). The van der Waals surface area contributed by atoms with Gasteiger partial charge in [0.25, 0.3) is 11.8 Å². The average Bonchev–Trinajstić information content (AvgIpc) is 3.71. The van der Waals surface area contributed by atoms with E-state index in [9.17, 15) is 14.7 Å². The highest BCUT2D eigenvalue weighted by molar-refractivity contribution is 6.30. The number of aromatic amines is 2. The number of aromatic nitrogens is 4. The predicted molar refractivity (Wildman–Crippen MR) is 201 cm³/mol. The number of nitrogens with zero attached hydrogens (tertiary/aromatic N) is 2. The van der Waals surface area contributed by atoms with Crippen molar-refractivity contribution >= 4 is 78.9 Å². The molecule has 7 aromatic rings. The largest absolute Gasteiger partial charge is 0.491 e. The van der Waals surface area contributed by atoms with Crippen molar-refractivity contribution < 1.29 is 19.4 Å². The minimum atomic E-state index is -0.866. The molecule has 0 fully saturated rings. The summed E-state index contributed by atoms with van der Waals surface area (Å²) in [4.78, 5) is 40.1. The number of aliphatic hydroxyl groups is 1. The summed E-state index contributed by atoms with van der Waals surface area (Å²) in [5.41, 5.74) is 6.04. The zero-order valence-corrected chi connectivity index (χ0v) is 28.8. The number of amides is 2. The van der Waals surface area contributed by atoms with Crippen molar-refractivity contribution in [3.63, 3.8) is 0 Å². The molecule has 0 spiro atoms. The molecule has 51 heavy (non-hydrogen) atoms. The number of benzene rings is 3. The second-order valence-electron chi connectivity index (χ2n) is 13.5. The van der Waals surface area contributed by atoms with E-state index in [1.807, 2.05) is 79.1 Å². The van der Waals surface area contributed by atoms with Crippen LogP contribution in [-0.2, 0) is 12.8 Å². The molecule has 6 heterocycles. The first-order valence-corrected chi connectivity index (χ1v) is 17.2. The molecule has 0 bridgehead atoms. The van der Waals surface area contributed by atoms with Gasteiger partial charge in [0.1, 0.15) is 17.5 Å². The van der Waals surface area contributed by atoms with Crippen LogP contribution in [0.4, 0.5) is 0 Å². The molecule has 5 N–H and O–H groups in total. The van der Waals surface area contributed by atoms with E-state index in [4.69, 9.17) is 21.3 Å². The first kappa shape index (κ1) is 32.5. The Balaban J connectivity index is 0.000000166. The van der Waals surface area contributed by atoms with Crippen LogP contribution in [0.5, 0.6) is 5.75 Å². The molecule has 2 aliphatic rings. The van der Waals surface area contributed by atoms with Crippen LogP contribution in [0.15, 0.2) is 73.1 Å². The molecule has 4 aromatic heterocycles. The Morgan fingerprint density at radius 1 is 0.765 bits per heavy atom. The normalized spacial score (nSPS) is 14.4. The van der Waals surface area contributed by atoms with Gasteiger partial charge in [-0.05, 0) is 55.1 Å². The zero-order chi connectivity index (χ0) is 35.3. The van der Waals surface area contributed by atoms with Crippen LogP contribution >= 0.6 is 11.6 Å². The van der Waals surface area contributed by atoms with Gasteiger partial charge in [0.2, 0.25) is 0 Å².